The molecule has 0 aromatic heterocycles. The zero-order valence-corrected chi connectivity index (χ0v) is 11.8. The lowest BCUT2D eigenvalue weighted by atomic mass is 9.95. The first-order chi connectivity index (χ1) is 9.07. The number of unbranched alkanes of at least 4 members (excludes halogenated alkanes) is 1. The first-order valence-corrected chi connectivity index (χ1v) is 7.12. The smallest absolute Gasteiger partial charge is 0.246 e. The molecule has 104 valence electrons. The maximum Gasteiger partial charge on any atom is 0.246 e. The van der Waals surface area contributed by atoms with Crippen molar-refractivity contribution in [1.29, 1.82) is 0 Å². The van der Waals surface area contributed by atoms with Crippen LogP contribution in [0.4, 0.5) is 0 Å². The van der Waals surface area contributed by atoms with Crippen LogP contribution in [0.3, 0.4) is 0 Å². The van der Waals surface area contributed by atoms with Gasteiger partial charge in [-0.2, -0.15) is 0 Å². The van der Waals surface area contributed by atoms with Crippen LogP contribution in [0.2, 0.25) is 0 Å². The number of hydrogen-bond acceptors (Lipinski definition) is 2. The summed E-state index contributed by atoms with van der Waals surface area (Å²) in [7, 11) is 0. The van der Waals surface area contributed by atoms with Gasteiger partial charge < -0.3 is 9.80 Å². The molecule has 4 heteroatoms. The van der Waals surface area contributed by atoms with Gasteiger partial charge in [0.05, 0.1) is 0 Å². The molecule has 2 atom stereocenters. The van der Waals surface area contributed by atoms with Crippen molar-refractivity contribution in [2.45, 2.75) is 51.6 Å². The van der Waals surface area contributed by atoms with Crippen molar-refractivity contribution < 1.29 is 9.59 Å². The summed E-state index contributed by atoms with van der Waals surface area (Å²) in [5, 5.41) is 0. The highest BCUT2D eigenvalue weighted by molar-refractivity contribution is 5.97. The van der Waals surface area contributed by atoms with E-state index in [4.69, 9.17) is 6.42 Å². The van der Waals surface area contributed by atoms with E-state index in [9.17, 15) is 9.59 Å². The van der Waals surface area contributed by atoms with Crippen molar-refractivity contribution in [3.63, 3.8) is 0 Å². The lowest BCUT2D eigenvalue weighted by Gasteiger charge is -2.44. The number of carbonyl (C=O) groups excluding carboxylic acids is 2. The summed E-state index contributed by atoms with van der Waals surface area (Å²) in [4.78, 5) is 28.6. The molecule has 0 radical (unpaired) electrons. The molecule has 2 aliphatic rings. The molecule has 0 spiro atoms. The molecular weight excluding hydrogens is 240 g/mol. The Bertz CT molecular complexity index is 411. The molecule has 2 heterocycles. The zero-order valence-electron chi connectivity index (χ0n) is 11.8. The molecule has 4 nitrogen and oxygen atoms in total. The van der Waals surface area contributed by atoms with E-state index in [2.05, 4.69) is 5.92 Å². The highest BCUT2D eigenvalue weighted by atomic mass is 16.2. The summed E-state index contributed by atoms with van der Waals surface area (Å²) >= 11 is 0. The number of hydrogen-bond donors (Lipinski definition) is 0. The van der Waals surface area contributed by atoms with E-state index in [0.29, 0.717) is 13.0 Å². The Labute approximate surface area is 115 Å². The Balaban J connectivity index is 2.19. The summed E-state index contributed by atoms with van der Waals surface area (Å²) in [6, 6.07) is -0.520. The predicted octanol–water partition coefficient (Wildman–Crippen LogP) is 1.26. The monoisotopic (exact) mass is 262 g/mol. The Kier molecular flexibility index (Phi) is 4.14. The average molecular weight is 262 g/mol. The first kappa shape index (κ1) is 13.9. The first-order valence-electron chi connectivity index (χ1n) is 7.12. The summed E-state index contributed by atoms with van der Waals surface area (Å²) in [6.45, 7) is 5.33. The van der Waals surface area contributed by atoms with Crippen LogP contribution in [-0.2, 0) is 9.59 Å². The highest BCUT2D eigenvalue weighted by Gasteiger charge is 2.48. The van der Waals surface area contributed by atoms with Crippen LogP contribution >= 0.6 is 0 Å². The molecule has 2 saturated heterocycles. The molecule has 0 aliphatic carbocycles. The van der Waals surface area contributed by atoms with E-state index in [1.165, 1.54) is 0 Å². The van der Waals surface area contributed by atoms with Crippen molar-refractivity contribution in [2.24, 2.45) is 5.92 Å². The van der Waals surface area contributed by atoms with E-state index >= 15 is 0 Å². The van der Waals surface area contributed by atoms with Crippen molar-refractivity contribution in [1.82, 2.24) is 9.80 Å². The van der Waals surface area contributed by atoms with Gasteiger partial charge in [-0.25, -0.2) is 0 Å². The molecule has 2 amide bonds. The predicted molar refractivity (Wildman–Crippen MR) is 73.1 cm³/mol. The minimum Gasteiger partial charge on any atom is -0.329 e. The van der Waals surface area contributed by atoms with Crippen LogP contribution in [0.5, 0.6) is 0 Å². The van der Waals surface area contributed by atoms with E-state index in [-0.39, 0.29) is 29.8 Å². The Morgan fingerprint density at radius 2 is 2.11 bits per heavy atom. The van der Waals surface area contributed by atoms with Crippen molar-refractivity contribution >= 4 is 11.8 Å². The maximum absolute atomic E-state index is 12.5. The number of carbonyl (C=O) groups is 2. The van der Waals surface area contributed by atoms with Crippen LogP contribution in [0.25, 0.3) is 0 Å². The standard InChI is InChI=1S/C15H22N2O2/c1-4-5-6-9-17-13(11(2)3)15(19)16-10-7-8-12(16)14(17)18/h1,11-13H,5-10H2,2-3H3. The second kappa shape index (κ2) is 5.64. The lowest BCUT2D eigenvalue weighted by molar-refractivity contribution is -0.161. The largest absolute Gasteiger partial charge is 0.329 e. The van der Waals surface area contributed by atoms with Crippen molar-refractivity contribution in [3.05, 3.63) is 0 Å². The summed E-state index contributed by atoms with van der Waals surface area (Å²) < 4.78 is 0. The van der Waals surface area contributed by atoms with Gasteiger partial charge in [-0.3, -0.25) is 9.59 Å². The fourth-order valence-corrected chi connectivity index (χ4v) is 3.16. The molecule has 0 aromatic rings. The molecule has 0 N–H and O–H groups in total. The SMILES string of the molecule is C#CCCCN1C(=O)C2CCCN2C(=O)C1C(C)C. The van der Waals surface area contributed by atoms with Crippen LogP contribution in [0.1, 0.15) is 39.5 Å². The Morgan fingerprint density at radius 1 is 1.37 bits per heavy atom. The fraction of sp³-hybridized carbons (Fsp3) is 0.733. The fourth-order valence-electron chi connectivity index (χ4n) is 3.16. The molecule has 2 unspecified atom stereocenters. The molecule has 2 rings (SSSR count). The zero-order chi connectivity index (χ0) is 14.0. The second-order valence-electron chi connectivity index (χ2n) is 5.72. The van der Waals surface area contributed by atoms with Gasteiger partial charge in [0.15, 0.2) is 0 Å². The maximum atomic E-state index is 12.5. The normalized spacial score (nSPS) is 26.8. The van der Waals surface area contributed by atoms with Crippen LogP contribution in [0.15, 0.2) is 0 Å². The topological polar surface area (TPSA) is 40.6 Å². The Hall–Kier alpha value is -1.50. The number of rotatable bonds is 4. The number of nitrogens with zero attached hydrogens (tertiary/aromatic N) is 2. The van der Waals surface area contributed by atoms with Gasteiger partial charge >= 0.3 is 0 Å². The third kappa shape index (κ3) is 2.47. The Morgan fingerprint density at radius 3 is 2.74 bits per heavy atom. The van der Waals surface area contributed by atoms with E-state index in [0.717, 1.165) is 25.8 Å². The van der Waals surface area contributed by atoms with Crippen LogP contribution in [-0.4, -0.2) is 46.8 Å². The third-order valence-electron chi connectivity index (χ3n) is 4.04. The number of fused-ring (bicyclic) bond motifs is 1. The van der Waals surface area contributed by atoms with E-state index in [1.807, 2.05) is 13.8 Å². The quantitative estimate of drug-likeness (QED) is 0.565. The molecule has 2 fully saturated rings. The molecule has 0 saturated carbocycles. The number of piperazine rings is 1. The van der Waals surface area contributed by atoms with E-state index in [1.54, 1.807) is 9.80 Å². The highest BCUT2D eigenvalue weighted by Crippen LogP contribution is 2.29. The molecule has 2 aliphatic heterocycles. The van der Waals surface area contributed by atoms with Gasteiger partial charge in [-0.1, -0.05) is 13.8 Å². The third-order valence-corrected chi connectivity index (χ3v) is 4.04. The van der Waals surface area contributed by atoms with Gasteiger partial charge in [-0.15, -0.1) is 12.3 Å². The van der Waals surface area contributed by atoms with Gasteiger partial charge in [0, 0.05) is 19.5 Å². The average Bonchev–Trinajstić information content (AvgIpc) is 2.84. The molecule has 19 heavy (non-hydrogen) atoms. The van der Waals surface area contributed by atoms with Crippen LogP contribution < -0.4 is 0 Å². The van der Waals surface area contributed by atoms with Gasteiger partial charge in [0.2, 0.25) is 11.8 Å². The summed E-state index contributed by atoms with van der Waals surface area (Å²) in [6.07, 6.45) is 8.42. The summed E-state index contributed by atoms with van der Waals surface area (Å²) in [5.74, 6) is 2.97. The molecular formula is C15H22N2O2. The van der Waals surface area contributed by atoms with Gasteiger partial charge in [0.25, 0.3) is 0 Å². The lowest BCUT2D eigenvalue weighted by Crippen LogP contribution is -2.64. The van der Waals surface area contributed by atoms with Crippen molar-refractivity contribution in [3.8, 4) is 12.3 Å². The molecule has 0 bridgehead atoms. The minimum atomic E-state index is -0.306. The van der Waals surface area contributed by atoms with Gasteiger partial charge in [0.1, 0.15) is 12.1 Å². The molecule has 0 aromatic carbocycles. The van der Waals surface area contributed by atoms with Gasteiger partial charge in [-0.05, 0) is 25.2 Å². The van der Waals surface area contributed by atoms with Crippen LogP contribution in [0, 0.1) is 18.3 Å². The van der Waals surface area contributed by atoms with Crippen molar-refractivity contribution in [2.75, 3.05) is 13.1 Å². The summed E-state index contributed by atoms with van der Waals surface area (Å²) in [5.41, 5.74) is 0. The van der Waals surface area contributed by atoms with E-state index < -0.39 is 0 Å². The number of amides is 2. The second-order valence-corrected chi connectivity index (χ2v) is 5.72. The number of terminal acetylenes is 1. The minimum absolute atomic E-state index is 0.118.